The molecule has 1 heterocycles. The molecule has 7 heteroatoms. The molecule has 1 aliphatic heterocycles. The van der Waals surface area contributed by atoms with Gasteiger partial charge in [-0.25, -0.2) is 0 Å². The van der Waals surface area contributed by atoms with Crippen molar-refractivity contribution in [3.8, 4) is 0 Å². The van der Waals surface area contributed by atoms with Crippen LogP contribution in [0.5, 0.6) is 0 Å². The number of rotatable bonds is 2. The summed E-state index contributed by atoms with van der Waals surface area (Å²) in [6, 6.07) is 2.96. The molecule has 1 fully saturated rings. The molecule has 0 bridgehead atoms. The number of morpholine rings is 1. The molecule has 19 heavy (non-hydrogen) atoms. The summed E-state index contributed by atoms with van der Waals surface area (Å²) in [5, 5.41) is 11.0. The van der Waals surface area contributed by atoms with Crippen LogP contribution in [-0.4, -0.2) is 42.0 Å². The van der Waals surface area contributed by atoms with Gasteiger partial charge in [-0.3, -0.25) is 14.9 Å². The van der Waals surface area contributed by atoms with Gasteiger partial charge in [0.15, 0.2) is 0 Å². The Labute approximate surface area is 118 Å². The normalized spacial score (nSPS) is 15.4. The maximum Gasteiger partial charge on any atom is 0.274 e. The summed E-state index contributed by atoms with van der Waals surface area (Å²) >= 11 is 3.26. The van der Waals surface area contributed by atoms with E-state index >= 15 is 0 Å². The number of hydrogen-bond acceptors (Lipinski definition) is 4. The Morgan fingerprint density at radius 2 is 2.05 bits per heavy atom. The van der Waals surface area contributed by atoms with Crippen molar-refractivity contribution in [2.75, 3.05) is 26.3 Å². The van der Waals surface area contributed by atoms with E-state index in [0.717, 1.165) is 0 Å². The van der Waals surface area contributed by atoms with Crippen molar-refractivity contribution >= 4 is 27.5 Å². The molecule has 0 atom stereocenters. The molecule has 0 aromatic heterocycles. The second-order valence-corrected chi connectivity index (χ2v) is 5.12. The lowest BCUT2D eigenvalue weighted by Gasteiger charge is -2.26. The van der Waals surface area contributed by atoms with Gasteiger partial charge in [-0.15, -0.1) is 0 Å². The molecule has 0 N–H and O–H groups in total. The monoisotopic (exact) mass is 328 g/mol. The lowest BCUT2D eigenvalue weighted by atomic mass is 10.1. The molecule has 1 aromatic rings. The van der Waals surface area contributed by atoms with Gasteiger partial charge < -0.3 is 9.64 Å². The van der Waals surface area contributed by atoms with E-state index in [1.165, 1.54) is 6.07 Å². The van der Waals surface area contributed by atoms with Crippen LogP contribution >= 0.6 is 15.9 Å². The van der Waals surface area contributed by atoms with Crippen molar-refractivity contribution in [1.82, 2.24) is 4.90 Å². The van der Waals surface area contributed by atoms with Crippen LogP contribution in [0.15, 0.2) is 16.6 Å². The molecule has 1 saturated heterocycles. The molecule has 0 radical (unpaired) electrons. The van der Waals surface area contributed by atoms with E-state index < -0.39 is 4.92 Å². The SMILES string of the molecule is Cc1c(Br)cc(C(=O)N2CCOCC2)cc1[N+](=O)[O-]. The lowest BCUT2D eigenvalue weighted by Crippen LogP contribution is -2.40. The molecule has 0 saturated carbocycles. The first kappa shape index (κ1) is 14.0. The summed E-state index contributed by atoms with van der Waals surface area (Å²) in [6.45, 7) is 3.67. The molecule has 0 aliphatic carbocycles. The minimum absolute atomic E-state index is 0.0500. The third-order valence-electron chi connectivity index (χ3n) is 3.06. The first-order valence-corrected chi connectivity index (χ1v) is 6.61. The van der Waals surface area contributed by atoms with Gasteiger partial charge in [-0.1, -0.05) is 15.9 Å². The molecular weight excluding hydrogens is 316 g/mol. The molecule has 6 nitrogen and oxygen atoms in total. The summed E-state index contributed by atoms with van der Waals surface area (Å²) < 4.78 is 5.75. The maximum absolute atomic E-state index is 12.3. The highest BCUT2D eigenvalue weighted by Gasteiger charge is 2.23. The smallest absolute Gasteiger partial charge is 0.274 e. The minimum Gasteiger partial charge on any atom is -0.378 e. The van der Waals surface area contributed by atoms with E-state index in [4.69, 9.17) is 4.74 Å². The van der Waals surface area contributed by atoms with Crippen LogP contribution in [0.2, 0.25) is 0 Å². The number of amides is 1. The Balaban J connectivity index is 2.34. The van der Waals surface area contributed by atoms with Gasteiger partial charge in [-0.05, 0) is 13.0 Å². The van der Waals surface area contributed by atoms with Crippen LogP contribution in [0.25, 0.3) is 0 Å². The third-order valence-corrected chi connectivity index (χ3v) is 3.88. The van der Waals surface area contributed by atoms with Gasteiger partial charge in [0.2, 0.25) is 0 Å². The number of benzene rings is 1. The summed E-state index contributed by atoms with van der Waals surface area (Å²) in [4.78, 5) is 24.4. The number of ether oxygens (including phenoxy) is 1. The fourth-order valence-electron chi connectivity index (χ4n) is 1.93. The third kappa shape index (κ3) is 2.93. The van der Waals surface area contributed by atoms with Gasteiger partial charge in [-0.2, -0.15) is 0 Å². The van der Waals surface area contributed by atoms with Crippen LogP contribution < -0.4 is 0 Å². The summed E-state index contributed by atoms with van der Waals surface area (Å²) in [5.41, 5.74) is 0.792. The zero-order valence-corrected chi connectivity index (χ0v) is 12.0. The van der Waals surface area contributed by atoms with E-state index in [-0.39, 0.29) is 11.6 Å². The molecule has 102 valence electrons. The molecule has 2 rings (SSSR count). The fraction of sp³-hybridized carbons (Fsp3) is 0.417. The number of hydrogen-bond donors (Lipinski definition) is 0. The fourth-order valence-corrected chi connectivity index (χ4v) is 2.38. The van der Waals surface area contributed by atoms with Gasteiger partial charge in [0.25, 0.3) is 11.6 Å². The van der Waals surface area contributed by atoms with Crippen molar-refractivity contribution < 1.29 is 14.5 Å². The summed E-state index contributed by atoms with van der Waals surface area (Å²) in [7, 11) is 0. The summed E-state index contributed by atoms with van der Waals surface area (Å²) in [5.74, 6) is -0.202. The van der Waals surface area contributed by atoms with E-state index in [0.29, 0.717) is 41.9 Å². The highest BCUT2D eigenvalue weighted by Crippen LogP contribution is 2.28. The second kappa shape index (κ2) is 5.66. The molecule has 1 aromatic carbocycles. The van der Waals surface area contributed by atoms with Gasteiger partial charge in [0, 0.05) is 34.8 Å². The Morgan fingerprint density at radius 1 is 1.42 bits per heavy atom. The van der Waals surface area contributed by atoms with Crippen molar-refractivity contribution in [2.45, 2.75) is 6.92 Å². The van der Waals surface area contributed by atoms with Crippen molar-refractivity contribution in [3.05, 3.63) is 37.8 Å². The number of carbonyl (C=O) groups excluding carboxylic acids is 1. The first-order chi connectivity index (χ1) is 9.00. The molecule has 0 unspecified atom stereocenters. The number of nitro groups is 1. The Hall–Kier alpha value is -1.47. The Morgan fingerprint density at radius 3 is 2.63 bits per heavy atom. The van der Waals surface area contributed by atoms with Crippen molar-refractivity contribution in [2.24, 2.45) is 0 Å². The van der Waals surface area contributed by atoms with E-state index in [1.54, 1.807) is 17.9 Å². The highest BCUT2D eigenvalue weighted by molar-refractivity contribution is 9.10. The van der Waals surface area contributed by atoms with Crippen LogP contribution in [0, 0.1) is 17.0 Å². The van der Waals surface area contributed by atoms with Crippen LogP contribution in [0.1, 0.15) is 15.9 Å². The highest BCUT2D eigenvalue weighted by atomic mass is 79.9. The van der Waals surface area contributed by atoms with Gasteiger partial charge in [0.05, 0.1) is 18.1 Å². The summed E-state index contributed by atoms with van der Waals surface area (Å²) in [6.07, 6.45) is 0. The number of carbonyl (C=O) groups is 1. The van der Waals surface area contributed by atoms with Gasteiger partial charge >= 0.3 is 0 Å². The van der Waals surface area contributed by atoms with Crippen LogP contribution in [0.4, 0.5) is 5.69 Å². The zero-order valence-electron chi connectivity index (χ0n) is 10.4. The zero-order chi connectivity index (χ0) is 14.0. The quantitative estimate of drug-likeness (QED) is 0.615. The largest absolute Gasteiger partial charge is 0.378 e. The van der Waals surface area contributed by atoms with Gasteiger partial charge in [0.1, 0.15) is 0 Å². The van der Waals surface area contributed by atoms with Crippen molar-refractivity contribution in [1.29, 1.82) is 0 Å². The average Bonchev–Trinajstić information content (AvgIpc) is 2.41. The Kier molecular flexibility index (Phi) is 4.16. The predicted octanol–water partition coefficient (Wildman–Crippen LogP) is 2.14. The molecular formula is C12H13BrN2O4. The van der Waals surface area contributed by atoms with E-state index in [9.17, 15) is 14.9 Å². The lowest BCUT2D eigenvalue weighted by molar-refractivity contribution is -0.385. The first-order valence-electron chi connectivity index (χ1n) is 5.82. The van der Waals surface area contributed by atoms with Crippen LogP contribution in [0.3, 0.4) is 0 Å². The topological polar surface area (TPSA) is 72.7 Å². The number of halogens is 1. The molecule has 1 amide bonds. The van der Waals surface area contributed by atoms with Crippen molar-refractivity contribution in [3.63, 3.8) is 0 Å². The minimum atomic E-state index is -0.476. The average molecular weight is 329 g/mol. The molecule has 0 spiro atoms. The predicted molar refractivity (Wildman–Crippen MR) is 72.3 cm³/mol. The number of nitrogens with zero attached hydrogens (tertiary/aromatic N) is 2. The maximum atomic E-state index is 12.3. The van der Waals surface area contributed by atoms with E-state index in [1.807, 2.05) is 0 Å². The standard InChI is InChI=1S/C12H13BrN2O4/c1-8-10(13)6-9(7-11(8)15(17)18)12(16)14-2-4-19-5-3-14/h6-7H,2-5H2,1H3. The Bertz CT molecular complexity index is 527. The van der Waals surface area contributed by atoms with E-state index in [2.05, 4.69) is 15.9 Å². The molecule has 1 aliphatic rings. The second-order valence-electron chi connectivity index (χ2n) is 4.26. The number of nitro benzene ring substituents is 1. The van der Waals surface area contributed by atoms with Crippen LogP contribution in [-0.2, 0) is 4.74 Å².